The van der Waals surface area contributed by atoms with Gasteiger partial charge in [0, 0.05) is 12.4 Å². The van der Waals surface area contributed by atoms with Crippen molar-refractivity contribution >= 4 is 17.5 Å². The minimum absolute atomic E-state index is 0.0808. The van der Waals surface area contributed by atoms with Gasteiger partial charge < -0.3 is 5.32 Å². The molecule has 19 heavy (non-hydrogen) atoms. The molecule has 1 aromatic carbocycles. The Bertz CT molecular complexity index is 389. The Labute approximate surface area is 121 Å². The first kappa shape index (κ1) is 16.0. The zero-order valence-corrected chi connectivity index (χ0v) is 12.8. The van der Waals surface area contributed by atoms with E-state index in [2.05, 4.69) is 12.2 Å². The van der Waals surface area contributed by atoms with Crippen molar-refractivity contribution in [2.24, 2.45) is 5.92 Å². The molecule has 0 heterocycles. The molecule has 1 atom stereocenters. The van der Waals surface area contributed by atoms with Crippen molar-refractivity contribution in [2.75, 3.05) is 12.4 Å². The zero-order chi connectivity index (χ0) is 14.3. The van der Waals surface area contributed by atoms with Gasteiger partial charge in [0.2, 0.25) is 5.91 Å². The second-order valence-electron chi connectivity index (χ2n) is 5.65. The summed E-state index contributed by atoms with van der Waals surface area (Å²) in [7, 11) is 0. The van der Waals surface area contributed by atoms with Crippen LogP contribution in [0.2, 0.25) is 0 Å². The SMILES string of the molecule is CC(CCl)CCCNC(=O)C(C)(C)c1ccccc1. The van der Waals surface area contributed by atoms with Crippen molar-refractivity contribution in [3.63, 3.8) is 0 Å². The summed E-state index contributed by atoms with van der Waals surface area (Å²) in [5.41, 5.74) is 0.556. The average molecular weight is 282 g/mol. The van der Waals surface area contributed by atoms with E-state index in [9.17, 15) is 4.79 Å². The summed E-state index contributed by atoms with van der Waals surface area (Å²) in [4.78, 5) is 12.2. The highest BCUT2D eigenvalue weighted by molar-refractivity contribution is 6.18. The molecule has 3 heteroatoms. The predicted molar refractivity (Wildman–Crippen MR) is 81.6 cm³/mol. The van der Waals surface area contributed by atoms with Gasteiger partial charge in [-0.25, -0.2) is 0 Å². The summed E-state index contributed by atoms with van der Waals surface area (Å²) < 4.78 is 0. The van der Waals surface area contributed by atoms with Gasteiger partial charge in [-0.15, -0.1) is 11.6 Å². The van der Waals surface area contributed by atoms with Crippen molar-refractivity contribution in [3.05, 3.63) is 35.9 Å². The Hall–Kier alpha value is -1.02. The topological polar surface area (TPSA) is 29.1 Å². The molecule has 0 aromatic heterocycles. The zero-order valence-electron chi connectivity index (χ0n) is 12.1. The molecule has 1 rings (SSSR count). The lowest BCUT2D eigenvalue weighted by Gasteiger charge is -2.24. The summed E-state index contributed by atoms with van der Waals surface area (Å²) in [6.07, 6.45) is 2.03. The third-order valence-corrected chi connectivity index (χ3v) is 4.01. The highest BCUT2D eigenvalue weighted by atomic mass is 35.5. The van der Waals surface area contributed by atoms with Gasteiger partial charge in [0.25, 0.3) is 0 Å². The number of carbonyl (C=O) groups excluding carboxylic acids is 1. The normalized spacial score (nSPS) is 13.1. The number of halogens is 1. The van der Waals surface area contributed by atoms with Gasteiger partial charge in [0.05, 0.1) is 5.41 Å². The van der Waals surface area contributed by atoms with E-state index in [1.807, 2.05) is 44.2 Å². The minimum atomic E-state index is -0.487. The van der Waals surface area contributed by atoms with Gasteiger partial charge in [-0.1, -0.05) is 37.3 Å². The Morgan fingerprint density at radius 1 is 1.32 bits per heavy atom. The minimum Gasteiger partial charge on any atom is -0.355 e. The van der Waals surface area contributed by atoms with Crippen LogP contribution in [-0.2, 0) is 10.2 Å². The van der Waals surface area contributed by atoms with E-state index >= 15 is 0 Å². The molecule has 0 fully saturated rings. The smallest absolute Gasteiger partial charge is 0.230 e. The quantitative estimate of drug-likeness (QED) is 0.599. The van der Waals surface area contributed by atoms with Crippen LogP contribution in [0, 0.1) is 5.92 Å². The molecule has 0 bridgehead atoms. The largest absolute Gasteiger partial charge is 0.355 e. The highest BCUT2D eigenvalue weighted by Crippen LogP contribution is 2.22. The highest BCUT2D eigenvalue weighted by Gasteiger charge is 2.28. The molecule has 0 saturated carbocycles. The van der Waals surface area contributed by atoms with Crippen LogP contribution in [0.25, 0.3) is 0 Å². The van der Waals surface area contributed by atoms with Gasteiger partial charge in [0.15, 0.2) is 0 Å². The maximum absolute atomic E-state index is 12.2. The van der Waals surface area contributed by atoms with E-state index < -0.39 is 5.41 Å². The third-order valence-electron chi connectivity index (χ3n) is 3.49. The first-order valence-corrected chi connectivity index (χ1v) is 7.41. The lowest BCUT2D eigenvalue weighted by molar-refractivity contribution is -0.125. The molecule has 2 nitrogen and oxygen atoms in total. The van der Waals surface area contributed by atoms with Gasteiger partial charge >= 0.3 is 0 Å². The lowest BCUT2D eigenvalue weighted by atomic mass is 9.84. The maximum Gasteiger partial charge on any atom is 0.230 e. The molecule has 0 spiro atoms. The standard InChI is InChI=1S/C16H24ClNO/c1-13(12-17)8-7-11-18-15(19)16(2,3)14-9-5-4-6-10-14/h4-6,9-10,13H,7-8,11-12H2,1-3H3,(H,18,19). The fourth-order valence-electron chi connectivity index (χ4n) is 1.94. The van der Waals surface area contributed by atoms with Gasteiger partial charge in [-0.3, -0.25) is 4.79 Å². The summed E-state index contributed by atoms with van der Waals surface area (Å²) in [5.74, 6) is 1.28. The van der Waals surface area contributed by atoms with Crippen molar-refractivity contribution in [1.29, 1.82) is 0 Å². The van der Waals surface area contributed by atoms with Crippen molar-refractivity contribution in [1.82, 2.24) is 5.32 Å². The molecule has 106 valence electrons. The molecule has 0 aliphatic heterocycles. The van der Waals surface area contributed by atoms with Gasteiger partial charge in [-0.2, -0.15) is 0 Å². The van der Waals surface area contributed by atoms with Gasteiger partial charge in [0.1, 0.15) is 0 Å². The van der Waals surface area contributed by atoms with E-state index in [0.717, 1.165) is 24.9 Å². The summed E-state index contributed by atoms with van der Waals surface area (Å²) in [6, 6.07) is 9.88. The number of nitrogens with one attached hydrogen (secondary N) is 1. The number of hydrogen-bond acceptors (Lipinski definition) is 1. The van der Waals surface area contributed by atoms with Crippen molar-refractivity contribution in [3.8, 4) is 0 Å². The molecule has 1 N–H and O–H groups in total. The number of alkyl halides is 1. The second-order valence-corrected chi connectivity index (χ2v) is 5.96. The van der Waals surface area contributed by atoms with Crippen LogP contribution in [0.3, 0.4) is 0 Å². The third kappa shape index (κ3) is 4.87. The molecule has 0 aliphatic rings. The van der Waals surface area contributed by atoms with Crippen LogP contribution in [-0.4, -0.2) is 18.3 Å². The van der Waals surface area contributed by atoms with E-state index in [4.69, 9.17) is 11.6 Å². The van der Waals surface area contributed by atoms with Crippen molar-refractivity contribution < 1.29 is 4.79 Å². The Morgan fingerprint density at radius 2 is 1.95 bits per heavy atom. The second kappa shape index (κ2) is 7.54. The number of amides is 1. The molecule has 0 radical (unpaired) electrons. The van der Waals surface area contributed by atoms with Crippen LogP contribution in [0.5, 0.6) is 0 Å². The maximum atomic E-state index is 12.2. The summed E-state index contributed by atoms with van der Waals surface area (Å²) in [6.45, 7) is 6.76. The summed E-state index contributed by atoms with van der Waals surface area (Å²) in [5, 5.41) is 3.02. The van der Waals surface area contributed by atoms with Crippen molar-refractivity contribution in [2.45, 2.75) is 39.0 Å². The Morgan fingerprint density at radius 3 is 2.53 bits per heavy atom. The first-order valence-electron chi connectivity index (χ1n) is 6.88. The Balaban J connectivity index is 2.45. The van der Waals surface area contributed by atoms with Crippen LogP contribution in [0.4, 0.5) is 0 Å². The summed E-state index contributed by atoms with van der Waals surface area (Å²) >= 11 is 5.76. The van der Waals surface area contributed by atoms with E-state index in [0.29, 0.717) is 11.8 Å². The molecular formula is C16H24ClNO. The molecule has 0 saturated heterocycles. The molecule has 1 aromatic rings. The lowest BCUT2D eigenvalue weighted by Crippen LogP contribution is -2.40. The molecule has 0 aliphatic carbocycles. The fourth-order valence-corrected chi connectivity index (χ4v) is 2.09. The number of benzene rings is 1. The van der Waals surface area contributed by atoms with Crippen LogP contribution >= 0.6 is 11.6 Å². The monoisotopic (exact) mass is 281 g/mol. The first-order chi connectivity index (χ1) is 8.98. The average Bonchev–Trinajstić information content (AvgIpc) is 2.43. The number of rotatable bonds is 7. The van der Waals surface area contributed by atoms with E-state index in [-0.39, 0.29) is 5.91 Å². The number of hydrogen-bond donors (Lipinski definition) is 1. The van der Waals surface area contributed by atoms with Crippen LogP contribution < -0.4 is 5.32 Å². The van der Waals surface area contributed by atoms with Crippen LogP contribution in [0.1, 0.15) is 39.2 Å². The Kier molecular flexibility index (Phi) is 6.36. The fraction of sp³-hybridized carbons (Fsp3) is 0.562. The van der Waals surface area contributed by atoms with E-state index in [1.54, 1.807) is 0 Å². The van der Waals surface area contributed by atoms with E-state index in [1.165, 1.54) is 0 Å². The molecule has 1 unspecified atom stereocenters. The molecule has 1 amide bonds. The molecular weight excluding hydrogens is 258 g/mol. The number of carbonyl (C=O) groups is 1. The van der Waals surface area contributed by atoms with Crippen LogP contribution in [0.15, 0.2) is 30.3 Å². The van der Waals surface area contributed by atoms with Gasteiger partial charge in [-0.05, 0) is 38.2 Å². The predicted octanol–water partition coefficient (Wildman–Crippen LogP) is 3.74.